The van der Waals surface area contributed by atoms with Gasteiger partial charge in [-0.1, -0.05) is 23.7 Å². The third kappa shape index (κ3) is 2.83. The summed E-state index contributed by atoms with van der Waals surface area (Å²) < 4.78 is 5.97. The lowest BCUT2D eigenvalue weighted by Crippen LogP contribution is -2.42. The van der Waals surface area contributed by atoms with E-state index in [9.17, 15) is 4.79 Å². The van der Waals surface area contributed by atoms with Gasteiger partial charge in [-0.05, 0) is 37.1 Å². The van der Waals surface area contributed by atoms with Gasteiger partial charge in [-0.3, -0.25) is 4.79 Å². The van der Waals surface area contributed by atoms with E-state index in [4.69, 9.17) is 16.3 Å². The van der Waals surface area contributed by atoms with Crippen molar-refractivity contribution in [2.75, 3.05) is 18.1 Å². The quantitative estimate of drug-likeness (QED) is 0.776. The Labute approximate surface area is 122 Å². The molecule has 2 nitrogen and oxygen atoms in total. The van der Waals surface area contributed by atoms with Crippen molar-refractivity contribution in [1.29, 1.82) is 0 Å². The van der Waals surface area contributed by atoms with Crippen LogP contribution < -0.4 is 0 Å². The Bertz CT molecular complexity index is 483. The number of rotatable bonds is 2. The zero-order chi connectivity index (χ0) is 13.3. The molecule has 2 saturated heterocycles. The molecule has 0 radical (unpaired) electrons. The molecule has 3 rings (SSSR count). The van der Waals surface area contributed by atoms with Crippen LogP contribution in [0.1, 0.15) is 29.6 Å². The summed E-state index contributed by atoms with van der Waals surface area (Å²) in [5.41, 5.74) is 0.696. The van der Waals surface area contributed by atoms with Crippen LogP contribution in [0.3, 0.4) is 0 Å². The highest BCUT2D eigenvalue weighted by Crippen LogP contribution is 2.41. The fourth-order valence-electron chi connectivity index (χ4n) is 2.99. The lowest BCUT2D eigenvalue weighted by molar-refractivity contribution is -0.0734. The van der Waals surface area contributed by atoms with Gasteiger partial charge in [0, 0.05) is 28.9 Å². The molecule has 1 spiro atoms. The summed E-state index contributed by atoms with van der Waals surface area (Å²) in [4.78, 5) is 12.6. The first-order valence-corrected chi connectivity index (χ1v) is 8.23. The molecule has 2 aliphatic rings. The topological polar surface area (TPSA) is 26.3 Å². The van der Waals surface area contributed by atoms with E-state index in [1.54, 1.807) is 12.1 Å². The first-order chi connectivity index (χ1) is 9.19. The standard InChI is InChI=1S/C15H17ClO2S/c16-13-3-1-2-11(8-13)14(17)12-4-6-18-15(9-12)5-7-19-10-15/h1-3,8,12H,4-7,9-10H2. The molecule has 0 aliphatic carbocycles. The molecule has 2 aliphatic heterocycles. The minimum atomic E-state index is -0.0399. The van der Waals surface area contributed by atoms with Crippen LogP contribution in [0.5, 0.6) is 0 Å². The second-order valence-electron chi connectivity index (χ2n) is 5.40. The van der Waals surface area contributed by atoms with E-state index in [-0.39, 0.29) is 17.3 Å². The van der Waals surface area contributed by atoms with Crippen LogP contribution in [-0.4, -0.2) is 29.5 Å². The van der Waals surface area contributed by atoms with Crippen LogP contribution >= 0.6 is 23.4 Å². The maximum absolute atomic E-state index is 12.6. The van der Waals surface area contributed by atoms with Crippen molar-refractivity contribution < 1.29 is 9.53 Å². The molecule has 0 N–H and O–H groups in total. The van der Waals surface area contributed by atoms with Crippen LogP contribution in [0.2, 0.25) is 5.02 Å². The van der Waals surface area contributed by atoms with Gasteiger partial charge in [0.15, 0.2) is 5.78 Å². The predicted octanol–water partition coefficient (Wildman–Crippen LogP) is 3.83. The van der Waals surface area contributed by atoms with Crippen molar-refractivity contribution >= 4 is 29.1 Å². The summed E-state index contributed by atoms with van der Waals surface area (Å²) in [6, 6.07) is 7.28. The zero-order valence-corrected chi connectivity index (χ0v) is 12.3. The van der Waals surface area contributed by atoms with Crippen molar-refractivity contribution in [2.45, 2.75) is 24.9 Å². The number of carbonyl (C=O) groups excluding carboxylic acids is 1. The molecule has 19 heavy (non-hydrogen) atoms. The number of hydrogen-bond donors (Lipinski definition) is 0. The molecule has 4 heteroatoms. The van der Waals surface area contributed by atoms with Crippen LogP contribution in [0, 0.1) is 5.92 Å². The summed E-state index contributed by atoms with van der Waals surface area (Å²) in [7, 11) is 0. The van der Waals surface area contributed by atoms with Crippen molar-refractivity contribution in [3.05, 3.63) is 34.9 Å². The van der Waals surface area contributed by atoms with E-state index < -0.39 is 0 Å². The van der Waals surface area contributed by atoms with Gasteiger partial charge in [-0.2, -0.15) is 11.8 Å². The van der Waals surface area contributed by atoms with E-state index in [1.807, 2.05) is 23.9 Å². The predicted molar refractivity (Wildman–Crippen MR) is 79.1 cm³/mol. The molecule has 102 valence electrons. The van der Waals surface area contributed by atoms with Gasteiger partial charge in [-0.15, -0.1) is 0 Å². The molecule has 0 bridgehead atoms. The van der Waals surface area contributed by atoms with Gasteiger partial charge in [0.05, 0.1) is 5.60 Å². The first kappa shape index (κ1) is 13.5. The lowest BCUT2D eigenvalue weighted by Gasteiger charge is -2.37. The van der Waals surface area contributed by atoms with Crippen molar-refractivity contribution in [2.24, 2.45) is 5.92 Å². The Morgan fingerprint density at radius 1 is 1.47 bits per heavy atom. The molecule has 2 fully saturated rings. The van der Waals surface area contributed by atoms with E-state index in [1.165, 1.54) is 0 Å². The molecular formula is C15H17ClO2S. The van der Waals surface area contributed by atoms with Gasteiger partial charge < -0.3 is 4.74 Å². The molecule has 1 aromatic rings. The number of ketones is 1. The maximum atomic E-state index is 12.6. The van der Waals surface area contributed by atoms with Crippen LogP contribution in [0.15, 0.2) is 24.3 Å². The Morgan fingerprint density at radius 2 is 2.37 bits per heavy atom. The average Bonchev–Trinajstić information content (AvgIpc) is 2.86. The van der Waals surface area contributed by atoms with Gasteiger partial charge in [0.25, 0.3) is 0 Å². The molecule has 0 saturated carbocycles. The summed E-state index contributed by atoms with van der Waals surface area (Å²) >= 11 is 7.90. The first-order valence-electron chi connectivity index (χ1n) is 6.70. The van der Waals surface area contributed by atoms with Gasteiger partial charge in [-0.25, -0.2) is 0 Å². The number of Topliss-reactive ketones (excluding diaryl/α,β-unsaturated/α-hetero) is 1. The van der Waals surface area contributed by atoms with Crippen molar-refractivity contribution in [1.82, 2.24) is 0 Å². The second kappa shape index (κ2) is 5.47. The number of benzene rings is 1. The zero-order valence-electron chi connectivity index (χ0n) is 10.7. The molecule has 2 unspecified atom stereocenters. The monoisotopic (exact) mass is 296 g/mol. The van der Waals surface area contributed by atoms with Crippen LogP contribution in [0.4, 0.5) is 0 Å². The Hall–Kier alpha value is -0.510. The Kier molecular flexibility index (Phi) is 3.88. The number of thioether (sulfide) groups is 1. The normalized spacial score (nSPS) is 30.7. The molecule has 1 aromatic carbocycles. The van der Waals surface area contributed by atoms with Crippen LogP contribution in [-0.2, 0) is 4.74 Å². The summed E-state index contributed by atoms with van der Waals surface area (Å²) in [6.07, 6.45) is 2.78. The average molecular weight is 297 g/mol. The maximum Gasteiger partial charge on any atom is 0.166 e. The summed E-state index contributed by atoms with van der Waals surface area (Å²) in [5.74, 6) is 2.50. The largest absolute Gasteiger partial charge is 0.374 e. The second-order valence-corrected chi connectivity index (χ2v) is 6.94. The highest BCUT2D eigenvalue weighted by atomic mass is 35.5. The third-order valence-corrected chi connectivity index (χ3v) is 5.50. The molecular weight excluding hydrogens is 280 g/mol. The Morgan fingerprint density at radius 3 is 3.11 bits per heavy atom. The van der Waals surface area contributed by atoms with Crippen molar-refractivity contribution in [3.8, 4) is 0 Å². The molecule has 2 atom stereocenters. The van der Waals surface area contributed by atoms with Crippen LogP contribution in [0.25, 0.3) is 0 Å². The number of halogens is 1. The smallest absolute Gasteiger partial charge is 0.166 e. The van der Waals surface area contributed by atoms with E-state index >= 15 is 0 Å². The summed E-state index contributed by atoms with van der Waals surface area (Å²) in [5, 5.41) is 0.629. The van der Waals surface area contributed by atoms with E-state index in [0.717, 1.165) is 36.3 Å². The van der Waals surface area contributed by atoms with Gasteiger partial charge in [0.2, 0.25) is 0 Å². The lowest BCUT2D eigenvalue weighted by atomic mass is 9.81. The number of ether oxygens (including phenoxy) is 1. The third-order valence-electron chi connectivity index (χ3n) is 4.04. The SMILES string of the molecule is O=C(c1cccc(Cl)c1)C1CCOC2(CCSC2)C1. The summed E-state index contributed by atoms with van der Waals surface area (Å²) in [6.45, 7) is 0.706. The minimum absolute atomic E-state index is 0.0399. The number of hydrogen-bond acceptors (Lipinski definition) is 3. The van der Waals surface area contributed by atoms with Gasteiger partial charge in [0.1, 0.15) is 0 Å². The van der Waals surface area contributed by atoms with Crippen molar-refractivity contribution in [3.63, 3.8) is 0 Å². The molecule has 2 heterocycles. The highest BCUT2D eigenvalue weighted by molar-refractivity contribution is 7.99. The number of carbonyl (C=O) groups is 1. The molecule has 0 aromatic heterocycles. The van der Waals surface area contributed by atoms with E-state index in [0.29, 0.717) is 11.6 Å². The minimum Gasteiger partial charge on any atom is -0.374 e. The van der Waals surface area contributed by atoms with E-state index in [2.05, 4.69) is 0 Å². The fourth-order valence-corrected chi connectivity index (χ4v) is 4.56. The Balaban J connectivity index is 1.76. The molecule has 0 amide bonds. The fraction of sp³-hybridized carbons (Fsp3) is 0.533. The van der Waals surface area contributed by atoms with Gasteiger partial charge >= 0.3 is 0 Å². The highest BCUT2D eigenvalue weighted by Gasteiger charge is 2.42.